The fourth-order valence-electron chi connectivity index (χ4n) is 1.90. The summed E-state index contributed by atoms with van der Waals surface area (Å²) in [6.45, 7) is 1.70. The second-order valence-electron chi connectivity index (χ2n) is 4.94. The third-order valence-corrected chi connectivity index (χ3v) is 3.69. The molecule has 0 aliphatic heterocycles. The van der Waals surface area contributed by atoms with Crippen molar-refractivity contribution in [1.29, 1.82) is 0 Å². The van der Waals surface area contributed by atoms with Gasteiger partial charge in [0, 0.05) is 10.0 Å². The molecule has 2 N–H and O–H groups in total. The van der Waals surface area contributed by atoms with E-state index in [0.29, 0.717) is 21.5 Å². The minimum absolute atomic E-state index is 0.286. The Morgan fingerprint density at radius 1 is 1.00 bits per heavy atom. The van der Waals surface area contributed by atoms with E-state index in [-0.39, 0.29) is 5.69 Å². The van der Waals surface area contributed by atoms with Crippen molar-refractivity contribution in [1.82, 2.24) is 5.43 Å². The van der Waals surface area contributed by atoms with Gasteiger partial charge in [0.1, 0.15) is 5.75 Å². The van der Waals surface area contributed by atoms with Crippen LogP contribution in [0.5, 0.6) is 5.75 Å². The summed E-state index contributed by atoms with van der Waals surface area (Å²) in [5.74, 6) is -1.44. The monoisotopic (exact) mass is 379 g/mol. The lowest BCUT2D eigenvalue weighted by Gasteiger charge is -2.10. The summed E-state index contributed by atoms with van der Waals surface area (Å²) in [7, 11) is 1.44. The maximum atomic E-state index is 12.0. The van der Waals surface area contributed by atoms with Crippen LogP contribution in [-0.2, 0) is 9.59 Å². The van der Waals surface area contributed by atoms with Crippen LogP contribution in [0, 0.1) is 0 Å². The van der Waals surface area contributed by atoms with E-state index in [1.54, 1.807) is 43.3 Å². The molecular weight excluding hydrogens is 365 g/mol. The van der Waals surface area contributed by atoms with E-state index in [4.69, 9.17) is 27.9 Å². The van der Waals surface area contributed by atoms with Crippen molar-refractivity contribution in [3.05, 3.63) is 58.1 Å². The number of carbonyl (C=O) groups is 2. The summed E-state index contributed by atoms with van der Waals surface area (Å²) in [5, 5.41) is 7.32. The maximum Gasteiger partial charge on any atom is 0.329 e. The van der Waals surface area contributed by atoms with Crippen LogP contribution in [0.15, 0.2) is 47.6 Å². The Morgan fingerprint density at radius 3 is 2.28 bits per heavy atom. The molecule has 0 aliphatic rings. The number of anilines is 1. The molecule has 2 amide bonds. The van der Waals surface area contributed by atoms with Gasteiger partial charge in [-0.2, -0.15) is 5.10 Å². The Bertz CT molecular complexity index is 820. The van der Waals surface area contributed by atoms with E-state index in [0.717, 1.165) is 5.56 Å². The van der Waals surface area contributed by atoms with Gasteiger partial charge >= 0.3 is 11.8 Å². The Kier molecular flexibility index (Phi) is 6.38. The van der Waals surface area contributed by atoms with Crippen LogP contribution < -0.4 is 15.5 Å². The zero-order valence-electron chi connectivity index (χ0n) is 13.5. The predicted molar refractivity (Wildman–Crippen MR) is 98.4 cm³/mol. The van der Waals surface area contributed by atoms with Crippen LogP contribution in [0.3, 0.4) is 0 Å². The highest BCUT2D eigenvalue weighted by atomic mass is 35.5. The molecule has 0 aliphatic carbocycles. The topological polar surface area (TPSA) is 79.8 Å². The molecule has 0 aromatic heterocycles. The van der Waals surface area contributed by atoms with E-state index in [1.807, 2.05) is 0 Å². The summed E-state index contributed by atoms with van der Waals surface area (Å²) in [6.07, 6.45) is 0. The lowest BCUT2D eigenvalue weighted by molar-refractivity contribution is -0.136. The van der Waals surface area contributed by atoms with Gasteiger partial charge in [-0.25, -0.2) is 5.43 Å². The molecule has 6 nitrogen and oxygen atoms in total. The summed E-state index contributed by atoms with van der Waals surface area (Å²) in [5.41, 5.74) is 3.77. The molecule has 0 saturated carbocycles. The standard InChI is InChI=1S/C17H15Cl2N3O3/c1-10(11-3-5-12(18)6-4-11)21-22-17(24)16(23)20-14-9-13(19)7-8-15(14)25-2/h3-9H,1-2H3,(H,20,23)(H,22,24)/b21-10+. The lowest BCUT2D eigenvalue weighted by atomic mass is 10.1. The molecule has 0 heterocycles. The summed E-state index contributed by atoms with van der Waals surface area (Å²) in [6, 6.07) is 11.6. The maximum absolute atomic E-state index is 12.0. The van der Waals surface area contributed by atoms with Gasteiger partial charge in [-0.1, -0.05) is 35.3 Å². The smallest absolute Gasteiger partial charge is 0.329 e. The van der Waals surface area contributed by atoms with Gasteiger partial charge in [-0.15, -0.1) is 0 Å². The zero-order valence-corrected chi connectivity index (χ0v) is 15.0. The molecule has 0 fully saturated rings. The van der Waals surface area contributed by atoms with E-state index in [1.165, 1.54) is 13.2 Å². The van der Waals surface area contributed by atoms with Crippen LogP contribution in [-0.4, -0.2) is 24.6 Å². The number of hydrazone groups is 1. The first-order valence-corrected chi connectivity index (χ1v) is 7.91. The number of rotatable bonds is 4. The average molecular weight is 380 g/mol. The molecule has 2 rings (SSSR count). The number of benzene rings is 2. The first-order chi connectivity index (χ1) is 11.9. The molecule has 8 heteroatoms. The van der Waals surface area contributed by atoms with Crippen molar-refractivity contribution >= 4 is 46.4 Å². The van der Waals surface area contributed by atoms with E-state index >= 15 is 0 Å². The average Bonchev–Trinajstić information content (AvgIpc) is 2.60. The molecule has 2 aromatic rings. The zero-order chi connectivity index (χ0) is 18.4. The lowest BCUT2D eigenvalue weighted by Crippen LogP contribution is -2.33. The highest BCUT2D eigenvalue weighted by Crippen LogP contribution is 2.27. The van der Waals surface area contributed by atoms with E-state index < -0.39 is 11.8 Å². The van der Waals surface area contributed by atoms with Gasteiger partial charge in [0.2, 0.25) is 0 Å². The van der Waals surface area contributed by atoms with Gasteiger partial charge in [0.05, 0.1) is 18.5 Å². The largest absolute Gasteiger partial charge is 0.495 e. The van der Waals surface area contributed by atoms with Crippen molar-refractivity contribution < 1.29 is 14.3 Å². The second-order valence-corrected chi connectivity index (χ2v) is 5.82. The quantitative estimate of drug-likeness (QED) is 0.484. The third-order valence-electron chi connectivity index (χ3n) is 3.20. The van der Waals surface area contributed by atoms with Gasteiger partial charge < -0.3 is 10.1 Å². The molecular formula is C17H15Cl2N3O3. The molecule has 0 unspecified atom stereocenters. The number of hydrogen-bond donors (Lipinski definition) is 2. The first kappa shape index (κ1) is 18.8. The third kappa shape index (κ3) is 5.20. The number of ether oxygens (including phenoxy) is 1. The predicted octanol–water partition coefficient (Wildman–Crippen LogP) is 3.48. The molecule has 130 valence electrons. The van der Waals surface area contributed by atoms with Crippen molar-refractivity contribution in [2.24, 2.45) is 5.10 Å². The van der Waals surface area contributed by atoms with Gasteiger partial charge in [0.25, 0.3) is 0 Å². The van der Waals surface area contributed by atoms with Gasteiger partial charge in [-0.3, -0.25) is 9.59 Å². The molecule has 0 atom stereocenters. The number of methoxy groups -OCH3 is 1. The minimum Gasteiger partial charge on any atom is -0.495 e. The molecule has 0 spiro atoms. The summed E-state index contributed by atoms with van der Waals surface area (Å²) < 4.78 is 5.10. The number of hydrogen-bond acceptors (Lipinski definition) is 4. The number of amides is 2. The van der Waals surface area contributed by atoms with Gasteiger partial charge in [0.15, 0.2) is 0 Å². The molecule has 2 aromatic carbocycles. The Balaban J connectivity index is 2.03. The summed E-state index contributed by atoms with van der Waals surface area (Å²) in [4.78, 5) is 23.9. The first-order valence-electron chi connectivity index (χ1n) is 7.16. The highest BCUT2D eigenvalue weighted by Gasteiger charge is 2.16. The van der Waals surface area contributed by atoms with E-state index in [2.05, 4.69) is 15.8 Å². The number of carbonyl (C=O) groups excluding carboxylic acids is 2. The Morgan fingerprint density at radius 2 is 1.64 bits per heavy atom. The van der Waals surface area contributed by atoms with Gasteiger partial charge in [-0.05, 0) is 42.8 Å². The Hall–Kier alpha value is -2.57. The SMILES string of the molecule is COc1ccc(Cl)cc1NC(=O)C(=O)N/N=C(\C)c1ccc(Cl)cc1. The number of nitrogens with one attached hydrogen (secondary N) is 2. The van der Waals surface area contributed by atoms with Crippen molar-refractivity contribution in [3.8, 4) is 5.75 Å². The molecule has 0 radical (unpaired) electrons. The van der Waals surface area contributed by atoms with Crippen molar-refractivity contribution in [2.75, 3.05) is 12.4 Å². The van der Waals surface area contributed by atoms with Crippen LogP contribution in [0.1, 0.15) is 12.5 Å². The second kappa shape index (κ2) is 8.50. The van der Waals surface area contributed by atoms with Crippen molar-refractivity contribution in [2.45, 2.75) is 6.92 Å². The number of halogens is 2. The molecule has 25 heavy (non-hydrogen) atoms. The highest BCUT2D eigenvalue weighted by molar-refractivity contribution is 6.40. The number of nitrogens with zero attached hydrogens (tertiary/aromatic N) is 1. The van der Waals surface area contributed by atoms with Crippen LogP contribution >= 0.6 is 23.2 Å². The van der Waals surface area contributed by atoms with Crippen molar-refractivity contribution in [3.63, 3.8) is 0 Å². The molecule has 0 bridgehead atoms. The van der Waals surface area contributed by atoms with Crippen LogP contribution in [0.25, 0.3) is 0 Å². The van der Waals surface area contributed by atoms with Crippen LogP contribution in [0.4, 0.5) is 5.69 Å². The summed E-state index contributed by atoms with van der Waals surface area (Å²) >= 11 is 11.7. The molecule has 0 saturated heterocycles. The minimum atomic E-state index is -0.921. The normalized spacial score (nSPS) is 11.0. The van der Waals surface area contributed by atoms with E-state index in [9.17, 15) is 9.59 Å². The Labute approximate surface area is 154 Å². The fraction of sp³-hybridized carbons (Fsp3) is 0.118. The fourth-order valence-corrected chi connectivity index (χ4v) is 2.20. The van der Waals surface area contributed by atoms with Crippen LogP contribution in [0.2, 0.25) is 10.0 Å².